The molecule has 0 amide bonds. The SMILES string of the molecule is CCOC(=O)C[C@H](C)c1cc(-c2c(C)cc(OC)cc2C)cc(C)c1F.CCOC(=O)C[C@H](C)c1cc(B2OC(C)(C)C(C)(C)O2)cc(C)c1F.COc1cc(C)c(Br)c(C)c1. The average molecular weight is 924 g/mol. The van der Waals surface area contributed by atoms with Gasteiger partial charge in [0.25, 0.3) is 0 Å². The molecule has 0 bridgehead atoms. The van der Waals surface area contributed by atoms with Crippen LogP contribution in [0.2, 0.25) is 0 Å². The van der Waals surface area contributed by atoms with E-state index in [9.17, 15) is 18.4 Å². The zero-order chi connectivity index (χ0) is 46.9. The topological polar surface area (TPSA) is 89.5 Å². The molecule has 0 spiro atoms. The Labute approximate surface area is 377 Å². The lowest BCUT2D eigenvalue weighted by Crippen LogP contribution is -2.41. The summed E-state index contributed by atoms with van der Waals surface area (Å²) < 4.78 is 63.1. The second-order valence-corrected chi connectivity index (χ2v) is 17.9. The molecular weight excluding hydrogens is 857 g/mol. The second kappa shape index (κ2) is 22.4. The van der Waals surface area contributed by atoms with Gasteiger partial charge in [0.05, 0.1) is 51.5 Å². The number of hydrogen-bond donors (Lipinski definition) is 0. The van der Waals surface area contributed by atoms with Gasteiger partial charge >= 0.3 is 19.1 Å². The number of carbonyl (C=O) groups excluding carboxylic acids is 2. The summed E-state index contributed by atoms with van der Waals surface area (Å²) in [6, 6.07) is 15.2. The zero-order valence-corrected chi connectivity index (χ0v) is 41.2. The molecular formula is C50H66BBrF2O8. The molecule has 4 aromatic rings. The molecule has 1 aliphatic rings. The number of methoxy groups -OCH3 is 2. The first kappa shape index (κ1) is 52.1. The molecule has 8 nitrogen and oxygen atoms in total. The van der Waals surface area contributed by atoms with E-state index in [1.165, 1.54) is 15.6 Å². The number of ether oxygens (including phenoxy) is 4. The lowest BCUT2D eigenvalue weighted by atomic mass is 9.76. The molecule has 1 fully saturated rings. The maximum Gasteiger partial charge on any atom is 0.494 e. The molecule has 5 rings (SSSR count). The van der Waals surface area contributed by atoms with E-state index in [4.69, 9.17) is 28.3 Å². The normalized spacial score (nSPS) is 14.7. The van der Waals surface area contributed by atoms with Crippen LogP contribution in [0.1, 0.15) is 125 Å². The summed E-state index contributed by atoms with van der Waals surface area (Å²) in [4.78, 5) is 23.5. The first-order valence-corrected chi connectivity index (χ1v) is 21.9. The third kappa shape index (κ3) is 13.1. The van der Waals surface area contributed by atoms with Crippen molar-refractivity contribution in [2.45, 2.75) is 133 Å². The Balaban J connectivity index is 0.000000267. The number of esters is 2. The van der Waals surface area contributed by atoms with Crippen LogP contribution in [0.4, 0.5) is 8.78 Å². The van der Waals surface area contributed by atoms with Gasteiger partial charge in [0.15, 0.2) is 0 Å². The van der Waals surface area contributed by atoms with Gasteiger partial charge in [-0.2, -0.15) is 0 Å². The maximum absolute atomic E-state index is 14.7. The molecule has 4 aromatic carbocycles. The van der Waals surface area contributed by atoms with Gasteiger partial charge < -0.3 is 28.3 Å². The summed E-state index contributed by atoms with van der Waals surface area (Å²) in [5.74, 6) is -0.00726. The van der Waals surface area contributed by atoms with Gasteiger partial charge in [-0.3, -0.25) is 9.59 Å². The van der Waals surface area contributed by atoms with Crippen molar-refractivity contribution in [1.82, 2.24) is 0 Å². The van der Waals surface area contributed by atoms with E-state index in [0.29, 0.717) is 35.5 Å². The Morgan fingerprint density at radius 1 is 0.629 bits per heavy atom. The summed E-state index contributed by atoms with van der Waals surface area (Å²) >= 11 is 3.49. The Kier molecular flexibility index (Phi) is 18.8. The van der Waals surface area contributed by atoms with E-state index in [-0.39, 0.29) is 48.3 Å². The van der Waals surface area contributed by atoms with Crippen LogP contribution in [0.15, 0.2) is 53.0 Å². The Morgan fingerprint density at radius 2 is 1.02 bits per heavy atom. The van der Waals surface area contributed by atoms with E-state index in [2.05, 4.69) is 29.8 Å². The fourth-order valence-corrected chi connectivity index (χ4v) is 7.51. The molecule has 62 heavy (non-hydrogen) atoms. The van der Waals surface area contributed by atoms with Gasteiger partial charge in [-0.05, 0) is 192 Å². The molecule has 0 saturated carbocycles. The molecule has 1 saturated heterocycles. The van der Waals surface area contributed by atoms with Crippen LogP contribution < -0.4 is 14.9 Å². The maximum atomic E-state index is 14.7. The van der Waals surface area contributed by atoms with Crippen LogP contribution in [0.3, 0.4) is 0 Å². The van der Waals surface area contributed by atoms with Crippen LogP contribution in [0.5, 0.6) is 11.5 Å². The van der Waals surface area contributed by atoms with Crippen molar-refractivity contribution < 1.29 is 46.6 Å². The minimum Gasteiger partial charge on any atom is -0.497 e. The van der Waals surface area contributed by atoms with Crippen molar-refractivity contribution in [3.63, 3.8) is 0 Å². The summed E-state index contributed by atoms with van der Waals surface area (Å²) in [6.45, 7) is 27.4. The molecule has 0 aliphatic carbocycles. The first-order chi connectivity index (χ1) is 28.9. The molecule has 12 heteroatoms. The van der Waals surface area contributed by atoms with Crippen LogP contribution in [-0.4, -0.2) is 57.7 Å². The van der Waals surface area contributed by atoms with E-state index < -0.39 is 18.3 Å². The number of halogens is 3. The molecule has 338 valence electrons. The fraction of sp³-hybridized carbons (Fsp3) is 0.480. The van der Waals surface area contributed by atoms with Crippen LogP contribution >= 0.6 is 15.9 Å². The highest BCUT2D eigenvalue weighted by atomic mass is 79.9. The lowest BCUT2D eigenvalue weighted by Gasteiger charge is -2.32. The molecule has 0 aromatic heterocycles. The second-order valence-electron chi connectivity index (χ2n) is 17.1. The van der Waals surface area contributed by atoms with Gasteiger partial charge in [0, 0.05) is 4.47 Å². The Hall–Kier alpha value is -4.26. The highest BCUT2D eigenvalue weighted by Gasteiger charge is 2.52. The minimum absolute atomic E-state index is 0.136. The first-order valence-electron chi connectivity index (χ1n) is 21.1. The van der Waals surface area contributed by atoms with Crippen molar-refractivity contribution in [1.29, 1.82) is 0 Å². The fourth-order valence-electron chi connectivity index (χ4n) is 7.28. The molecule has 0 unspecified atom stereocenters. The largest absolute Gasteiger partial charge is 0.497 e. The molecule has 2 atom stereocenters. The quantitative estimate of drug-likeness (QED) is 0.103. The minimum atomic E-state index is -0.558. The van der Waals surface area contributed by atoms with Gasteiger partial charge in [-0.1, -0.05) is 41.9 Å². The summed E-state index contributed by atoms with van der Waals surface area (Å²) in [7, 11) is 2.77. The van der Waals surface area contributed by atoms with Crippen LogP contribution in [-0.2, 0) is 28.4 Å². The monoisotopic (exact) mass is 922 g/mol. The molecule has 0 radical (unpaired) electrons. The van der Waals surface area contributed by atoms with Crippen molar-refractivity contribution >= 4 is 40.4 Å². The molecule has 1 heterocycles. The van der Waals surface area contributed by atoms with Crippen molar-refractivity contribution in [3.8, 4) is 22.6 Å². The van der Waals surface area contributed by atoms with Gasteiger partial charge in [-0.25, -0.2) is 8.78 Å². The third-order valence-corrected chi connectivity index (χ3v) is 12.7. The zero-order valence-electron chi connectivity index (χ0n) is 39.6. The number of rotatable bonds is 12. The summed E-state index contributed by atoms with van der Waals surface area (Å²) in [6.07, 6.45) is 0.297. The van der Waals surface area contributed by atoms with E-state index in [1.807, 2.05) is 91.8 Å². The summed E-state index contributed by atoms with van der Waals surface area (Å²) in [5.41, 5.74) is 8.53. The lowest BCUT2D eigenvalue weighted by molar-refractivity contribution is -0.144. The highest BCUT2D eigenvalue weighted by Crippen LogP contribution is 2.38. The average Bonchev–Trinajstić information content (AvgIpc) is 3.41. The van der Waals surface area contributed by atoms with Crippen molar-refractivity contribution in [3.05, 3.63) is 109 Å². The van der Waals surface area contributed by atoms with Gasteiger partial charge in [0.1, 0.15) is 23.1 Å². The van der Waals surface area contributed by atoms with Crippen LogP contribution in [0.25, 0.3) is 11.1 Å². The van der Waals surface area contributed by atoms with E-state index in [0.717, 1.165) is 39.2 Å². The van der Waals surface area contributed by atoms with E-state index >= 15 is 0 Å². The number of carbonyl (C=O) groups is 2. The third-order valence-electron chi connectivity index (χ3n) is 11.4. The molecule has 1 aliphatic heterocycles. The predicted octanol–water partition coefficient (Wildman–Crippen LogP) is 12.0. The smallest absolute Gasteiger partial charge is 0.494 e. The van der Waals surface area contributed by atoms with Crippen molar-refractivity contribution in [2.75, 3.05) is 27.4 Å². The van der Waals surface area contributed by atoms with Gasteiger partial charge in [-0.15, -0.1) is 0 Å². The molecule has 0 N–H and O–H groups in total. The highest BCUT2D eigenvalue weighted by molar-refractivity contribution is 9.10. The van der Waals surface area contributed by atoms with Crippen molar-refractivity contribution in [2.24, 2.45) is 0 Å². The number of hydrogen-bond acceptors (Lipinski definition) is 8. The predicted molar refractivity (Wildman–Crippen MR) is 249 cm³/mol. The number of benzene rings is 4. The van der Waals surface area contributed by atoms with E-state index in [1.54, 1.807) is 54.0 Å². The van der Waals surface area contributed by atoms with Crippen LogP contribution in [0, 0.1) is 53.2 Å². The summed E-state index contributed by atoms with van der Waals surface area (Å²) in [5, 5.41) is 0. The Bertz CT molecular complexity index is 2140. The Morgan fingerprint density at radius 3 is 1.42 bits per heavy atom. The number of aryl methyl sites for hydroxylation is 6. The van der Waals surface area contributed by atoms with Gasteiger partial charge in [0.2, 0.25) is 0 Å². The standard InChI is InChI=1S/C22H27FO3.C19H28BFO4.C9H11BrO/c1-7-26-20(24)11-13(2)19-12-17(8-16(5)22(19)23)21-14(3)9-18(25-6)10-15(21)4;1-8-23-16(22)10-12(2)15-11-14(9-13(3)17(15)21)20-24-18(4,5)19(6,7)25-20;1-6-4-8(11-3)5-7(2)9(6)10/h8-10,12-13H,7,11H2,1-6H3;9,11-12H,8,10H2,1-7H3;4-5H,1-3H3/t13-;12-;/m00./s1.